The zero-order valence-electron chi connectivity index (χ0n) is 23.4. The number of nitrogens with one attached hydrogen (secondary N) is 2. The van der Waals surface area contributed by atoms with Crippen LogP contribution in [-0.2, 0) is 16.1 Å². The topological polar surface area (TPSA) is 117 Å². The van der Waals surface area contributed by atoms with Crippen molar-refractivity contribution in [1.29, 1.82) is 0 Å². The summed E-state index contributed by atoms with van der Waals surface area (Å²) in [4.78, 5) is 34.2. The van der Waals surface area contributed by atoms with Crippen molar-refractivity contribution in [3.63, 3.8) is 0 Å². The average molecular weight is 557 g/mol. The number of hydrogen-bond acceptors (Lipinski definition) is 8. The first kappa shape index (κ1) is 28.5. The van der Waals surface area contributed by atoms with Gasteiger partial charge in [-0.05, 0) is 68.1 Å². The number of rotatable bonds is 10. The Morgan fingerprint density at radius 2 is 2.00 bits per heavy atom. The summed E-state index contributed by atoms with van der Waals surface area (Å²) in [5, 5.41) is 16.7. The van der Waals surface area contributed by atoms with E-state index in [0.717, 1.165) is 53.3 Å². The van der Waals surface area contributed by atoms with Crippen LogP contribution in [0.5, 0.6) is 5.88 Å². The van der Waals surface area contributed by atoms with E-state index in [1.807, 2.05) is 48.5 Å². The number of ether oxygens (including phenoxy) is 2. The van der Waals surface area contributed by atoms with E-state index in [2.05, 4.69) is 20.2 Å². The van der Waals surface area contributed by atoms with Crippen LogP contribution in [0.1, 0.15) is 42.6 Å². The van der Waals surface area contributed by atoms with Crippen LogP contribution in [0.4, 0.5) is 0 Å². The van der Waals surface area contributed by atoms with Gasteiger partial charge in [-0.1, -0.05) is 30.3 Å². The minimum atomic E-state index is -0.749. The van der Waals surface area contributed by atoms with Crippen molar-refractivity contribution in [2.24, 2.45) is 0 Å². The molecule has 0 aliphatic carbocycles. The van der Waals surface area contributed by atoms with Crippen molar-refractivity contribution in [3.8, 4) is 5.88 Å². The number of piperidine rings is 1. The highest BCUT2D eigenvalue weighted by Gasteiger charge is 2.23. The third-order valence-corrected chi connectivity index (χ3v) is 7.58. The van der Waals surface area contributed by atoms with Crippen LogP contribution in [0.2, 0.25) is 0 Å². The van der Waals surface area contributed by atoms with Gasteiger partial charge in [-0.3, -0.25) is 4.79 Å². The van der Waals surface area contributed by atoms with E-state index in [-0.39, 0.29) is 5.56 Å². The number of aromatic amines is 1. The molecule has 0 radical (unpaired) electrons. The van der Waals surface area contributed by atoms with Crippen molar-refractivity contribution in [2.75, 3.05) is 33.4 Å². The number of esters is 1. The molecular weight excluding hydrogens is 520 g/mol. The maximum atomic E-state index is 12.5. The Bertz CT molecular complexity index is 1610. The number of methoxy groups -OCH3 is 1. The Labute approximate surface area is 238 Å². The summed E-state index contributed by atoms with van der Waals surface area (Å²) >= 11 is 0. The fourth-order valence-corrected chi connectivity index (χ4v) is 5.36. The molecule has 9 heteroatoms. The molecule has 2 aromatic carbocycles. The molecule has 0 bridgehead atoms. The fraction of sp³-hybridized carbons (Fsp3) is 0.344. The lowest BCUT2D eigenvalue weighted by atomic mass is 9.98. The van der Waals surface area contributed by atoms with E-state index in [1.165, 1.54) is 6.08 Å². The molecule has 0 saturated carbocycles. The van der Waals surface area contributed by atoms with Gasteiger partial charge in [-0.15, -0.1) is 0 Å². The van der Waals surface area contributed by atoms with E-state index in [0.29, 0.717) is 42.7 Å². The summed E-state index contributed by atoms with van der Waals surface area (Å²) in [6, 6.07) is 17.4. The van der Waals surface area contributed by atoms with Crippen LogP contribution < -0.4 is 15.6 Å². The minimum Gasteiger partial charge on any atom is -0.481 e. The molecule has 1 atom stereocenters. The van der Waals surface area contributed by atoms with Gasteiger partial charge in [0.25, 0.3) is 5.56 Å². The first-order valence-corrected chi connectivity index (χ1v) is 14.0. The van der Waals surface area contributed by atoms with Crippen LogP contribution in [-0.4, -0.2) is 65.3 Å². The molecule has 3 heterocycles. The number of carbonyl (C=O) groups excluding carboxylic acids is 1. The fourth-order valence-electron chi connectivity index (χ4n) is 5.36. The second kappa shape index (κ2) is 13.1. The average Bonchev–Trinajstić information content (AvgIpc) is 2.99. The zero-order valence-corrected chi connectivity index (χ0v) is 23.4. The van der Waals surface area contributed by atoms with Crippen molar-refractivity contribution in [1.82, 2.24) is 20.2 Å². The number of nitrogens with zero attached hydrogens (tertiary/aromatic N) is 2. The van der Waals surface area contributed by atoms with Gasteiger partial charge >= 0.3 is 5.97 Å². The molecule has 1 unspecified atom stereocenters. The van der Waals surface area contributed by atoms with Crippen molar-refractivity contribution in [2.45, 2.75) is 38.5 Å². The van der Waals surface area contributed by atoms with Crippen LogP contribution >= 0.6 is 0 Å². The van der Waals surface area contributed by atoms with Crippen molar-refractivity contribution < 1.29 is 19.4 Å². The Morgan fingerprint density at radius 1 is 1.20 bits per heavy atom. The summed E-state index contributed by atoms with van der Waals surface area (Å²) in [6.07, 6.45) is 4.19. The van der Waals surface area contributed by atoms with Crippen LogP contribution in [0.15, 0.2) is 65.5 Å². The number of pyridine rings is 2. The van der Waals surface area contributed by atoms with Gasteiger partial charge in [0.15, 0.2) is 0 Å². The molecule has 1 aliphatic heterocycles. The number of H-pyrrole nitrogens is 1. The number of β-amino-alcohol motifs (C(OH)–C–C–N with tert-alkyl or cyclic N) is 1. The number of aliphatic hydroxyl groups is 1. The molecule has 41 heavy (non-hydrogen) atoms. The van der Waals surface area contributed by atoms with E-state index in [9.17, 15) is 14.7 Å². The largest absolute Gasteiger partial charge is 0.481 e. The molecule has 5 rings (SSSR count). The third kappa shape index (κ3) is 6.82. The number of fused-ring (bicyclic) bond motifs is 2. The van der Waals surface area contributed by atoms with Gasteiger partial charge in [0, 0.05) is 53.3 Å². The van der Waals surface area contributed by atoms with Crippen LogP contribution in [0.25, 0.3) is 27.9 Å². The molecule has 1 aliphatic rings. The molecule has 9 nitrogen and oxygen atoms in total. The maximum Gasteiger partial charge on any atom is 0.330 e. The minimum absolute atomic E-state index is 0.0587. The smallest absolute Gasteiger partial charge is 0.330 e. The van der Waals surface area contributed by atoms with Gasteiger partial charge < -0.3 is 29.8 Å². The third-order valence-electron chi connectivity index (χ3n) is 7.58. The molecule has 3 N–H and O–H groups in total. The standard InChI is InChI=1S/C32H36N4O5/c1-3-41-30(38)13-9-21-8-10-26(31-25(21)11-12-29(35-31)40-2)28(37)20-36-16-14-24(15-17-36)33-19-23-18-22-6-4-5-7-27(22)34-32(23)39/h4-13,18,24,28,33,37H,3,14-17,19-20H2,1-2H3,(H,34,39)/b13-9+. The van der Waals surface area contributed by atoms with Gasteiger partial charge in [0.2, 0.25) is 5.88 Å². The molecule has 1 saturated heterocycles. The summed E-state index contributed by atoms with van der Waals surface area (Å²) in [5.41, 5.74) is 3.67. The Balaban J connectivity index is 1.22. The molecular formula is C32H36N4O5. The highest BCUT2D eigenvalue weighted by molar-refractivity contribution is 5.95. The summed E-state index contributed by atoms with van der Waals surface area (Å²) in [5.74, 6) is 0.0443. The van der Waals surface area contributed by atoms with Gasteiger partial charge in [0.1, 0.15) is 0 Å². The van der Waals surface area contributed by atoms with Crippen LogP contribution in [0, 0.1) is 0 Å². The Kier molecular flexibility index (Phi) is 9.08. The van der Waals surface area contributed by atoms with E-state index >= 15 is 0 Å². The first-order chi connectivity index (χ1) is 19.9. The lowest BCUT2D eigenvalue weighted by Crippen LogP contribution is -2.44. The Hall–Kier alpha value is -4.05. The van der Waals surface area contributed by atoms with Crippen LogP contribution in [0.3, 0.4) is 0 Å². The number of benzene rings is 2. The van der Waals surface area contributed by atoms with Crippen molar-refractivity contribution >= 4 is 33.9 Å². The van der Waals surface area contributed by atoms with E-state index < -0.39 is 12.1 Å². The predicted molar refractivity (Wildman–Crippen MR) is 160 cm³/mol. The molecule has 0 amide bonds. The Morgan fingerprint density at radius 3 is 2.78 bits per heavy atom. The first-order valence-electron chi connectivity index (χ1n) is 14.0. The van der Waals surface area contributed by atoms with E-state index in [4.69, 9.17) is 9.47 Å². The number of aromatic nitrogens is 2. The van der Waals surface area contributed by atoms with Crippen molar-refractivity contribution in [3.05, 3.63) is 87.7 Å². The second-order valence-electron chi connectivity index (χ2n) is 10.3. The number of aliphatic hydroxyl groups excluding tert-OH is 1. The van der Waals surface area contributed by atoms with Gasteiger partial charge in [-0.25, -0.2) is 9.78 Å². The normalized spacial score (nSPS) is 15.5. The highest BCUT2D eigenvalue weighted by Crippen LogP contribution is 2.30. The molecule has 0 spiro atoms. The van der Waals surface area contributed by atoms with Gasteiger partial charge in [0.05, 0.1) is 25.3 Å². The molecule has 2 aromatic heterocycles. The molecule has 4 aromatic rings. The molecule has 1 fully saturated rings. The summed E-state index contributed by atoms with van der Waals surface area (Å²) in [7, 11) is 1.56. The number of para-hydroxylation sites is 1. The summed E-state index contributed by atoms with van der Waals surface area (Å²) in [6.45, 7) is 4.73. The lowest BCUT2D eigenvalue weighted by molar-refractivity contribution is -0.137. The molecule has 214 valence electrons. The second-order valence-corrected chi connectivity index (χ2v) is 10.3. The van der Waals surface area contributed by atoms with Gasteiger partial charge in [-0.2, -0.15) is 0 Å². The number of carbonyl (C=O) groups is 1. The zero-order chi connectivity index (χ0) is 28.8. The monoisotopic (exact) mass is 556 g/mol. The number of likely N-dealkylation sites (tertiary alicyclic amines) is 1. The SMILES string of the molecule is CCOC(=O)/C=C/c1ccc(C(O)CN2CCC(NCc3cc4ccccc4[nH]c3=O)CC2)c2nc(OC)ccc12. The predicted octanol–water partition coefficient (Wildman–Crippen LogP) is 3.95. The van der Waals surface area contributed by atoms with E-state index in [1.54, 1.807) is 26.2 Å². The highest BCUT2D eigenvalue weighted by atomic mass is 16.5. The summed E-state index contributed by atoms with van der Waals surface area (Å²) < 4.78 is 10.3. The lowest BCUT2D eigenvalue weighted by Gasteiger charge is -2.33. The maximum absolute atomic E-state index is 12.5. The number of hydrogen-bond donors (Lipinski definition) is 3. The quantitative estimate of drug-likeness (QED) is 0.199.